The average molecular weight is 363 g/mol. The van der Waals surface area contributed by atoms with Gasteiger partial charge in [-0.05, 0) is 30.5 Å². The molecule has 0 bridgehead atoms. The molecule has 27 heavy (non-hydrogen) atoms. The Morgan fingerprint density at radius 2 is 1.85 bits per heavy atom. The number of nitrogens with zero attached hydrogens (tertiary/aromatic N) is 1. The third-order valence-corrected chi connectivity index (χ3v) is 5.37. The monoisotopic (exact) mass is 363 g/mol. The lowest BCUT2D eigenvalue weighted by Gasteiger charge is -2.10. The smallest absolute Gasteiger partial charge is 0.324 e. The van der Waals surface area contributed by atoms with Crippen LogP contribution in [0, 0.1) is 5.41 Å². The first-order valence-corrected chi connectivity index (χ1v) is 9.10. The fourth-order valence-electron chi connectivity index (χ4n) is 3.91. The largest absolute Gasteiger partial charge is 0.480 e. The molecule has 5 heteroatoms. The molecule has 2 unspecified atom stereocenters. The predicted octanol–water partition coefficient (Wildman–Crippen LogP) is 3.81. The van der Waals surface area contributed by atoms with Gasteiger partial charge >= 0.3 is 11.9 Å². The molecule has 1 N–H and O–H groups in total. The summed E-state index contributed by atoms with van der Waals surface area (Å²) in [5.41, 5.74) is 1.64. The van der Waals surface area contributed by atoms with Crippen LogP contribution in [-0.4, -0.2) is 28.2 Å². The van der Waals surface area contributed by atoms with E-state index in [1.165, 1.54) is 0 Å². The number of hydrogen-bond donors (Lipinski definition) is 1. The van der Waals surface area contributed by atoms with Crippen molar-refractivity contribution in [1.82, 2.24) is 4.57 Å². The Balaban J connectivity index is 1.75. The van der Waals surface area contributed by atoms with Crippen molar-refractivity contribution >= 4 is 22.8 Å². The van der Waals surface area contributed by atoms with Crippen LogP contribution in [0.15, 0.2) is 60.8 Å². The van der Waals surface area contributed by atoms with E-state index >= 15 is 0 Å². The third kappa shape index (κ3) is 2.79. The van der Waals surface area contributed by atoms with Gasteiger partial charge in [-0.15, -0.1) is 0 Å². The van der Waals surface area contributed by atoms with Gasteiger partial charge in [0.25, 0.3) is 0 Å². The van der Waals surface area contributed by atoms with Crippen molar-refractivity contribution < 1.29 is 19.4 Å². The summed E-state index contributed by atoms with van der Waals surface area (Å²) >= 11 is 0. The Kier molecular flexibility index (Phi) is 4.22. The number of fused-ring (bicyclic) bond motifs is 1. The molecular formula is C22H21NO4. The summed E-state index contributed by atoms with van der Waals surface area (Å²) in [5.74, 6) is -2.11. The number of carboxylic acids is 1. The molecule has 0 amide bonds. The number of carbonyl (C=O) groups is 2. The van der Waals surface area contributed by atoms with Crippen LogP contribution in [0.25, 0.3) is 10.9 Å². The number of carboxylic acid groups (broad SMARTS) is 1. The lowest BCUT2D eigenvalue weighted by molar-refractivity contribution is -0.161. The molecule has 0 aliphatic heterocycles. The van der Waals surface area contributed by atoms with Gasteiger partial charge in [0.15, 0.2) is 5.41 Å². The first kappa shape index (κ1) is 17.3. The summed E-state index contributed by atoms with van der Waals surface area (Å²) in [6.45, 7) is 2.56. The zero-order valence-electron chi connectivity index (χ0n) is 15.1. The van der Waals surface area contributed by atoms with Crippen molar-refractivity contribution in [3.05, 3.63) is 71.9 Å². The van der Waals surface area contributed by atoms with Crippen LogP contribution in [0.4, 0.5) is 0 Å². The number of carbonyl (C=O) groups excluding carboxylic acids is 1. The van der Waals surface area contributed by atoms with Crippen LogP contribution in [0.5, 0.6) is 0 Å². The van der Waals surface area contributed by atoms with Crippen molar-refractivity contribution in [2.24, 2.45) is 5.41 Å². The van der Waals surface area contributed by atoms with Gasteiger partial charge in [0, 0.05) is 29.6 Å². The number of benzene rings is 2. The van der Waals surface area contributed by atoms with Gasteiger partial charge in [-0.1, -0.05) is 48.5 Å². The molecule has 1 saturated carbocycles. The first-order valence-electron chi connectivity index (χ1n) is 9.10. The molecule has 2 atom stereocenters. The van der Waals surface area contributed by atoms with E-state index in [2.05, 4.69) is 16.7 Å². The van der Waals surface area contributed by atoms with E-state index in [-0.39, 0.29) is 18.9 Å². The second-order valence-electron chi connectivity index (χ2n) is 6.97. The summed E-state index contributed by atoms with van der Waals surface area (Å²) < 4.78 is 7.19. The minimum Gasteiger partial charge on any atom is -0.480 e. The van der Waals surface area contributed by atoms with Crippen LogP contribution < -0.4 is 0 Å². The van der Waals surface area contributed by atoms with E-state index in [9.17, 15) is 14.7 Å². The maximum absolute atomic E-state index is 12.4. The zero-order chi connectivity index (χ0) is 19.0. The highest BCUT2D eigenvalue weighted by Gasteiger charge is 2.68. The highest BCUT2D eigenvalue weighted by atomic mass is 16.5. The van der Waals surface area contributed by atoms with Gasteiger partial charge in [0.05, 0.1) is 6.61 Å². The van der Waals surface area contributed by atoms with Crippen molar-refractivity contribution in [3.8, 4) is 0 Å². The summed E-state index contributed by atoms with van der Waals surface area (Å²) in [4.78, 5) is 24.3. The lowest BCUT2D eigenvalue weighted by Crippen LogP contribution is -2.29. The predicted molar refractivity (Wildman–Crippen MR) is 102 cm³/mol. The molecule has 0 saturated heterocycles. The molecule has 4 rings (SSSR count). The van der Waals surface area contributed by atoms with Crippen molar-refractivity contribution in [2.45, 2.75) is 25.8 Å². The van der Waals surface area contributed by atoms with Crippen LogP contribution in [0.1, 0.15) is 30.4 Å². The van der Waals surface area contributed by atoms with Crippen LogP contribution in [0.2, 0.25) is 0 Å². The summed E-state index contributed by atoms with van der Waals surface area (Å²) in [6, 6.07) is 18.0. The van der Waals surface area contributed by atoms with Crippen molar-refractivity contribution in [2.75, 3.05) is 6.61 Å². The zero-order valence-corrected chi connectivity index (χ0v) is 15.1. The summed E-state index contributed by atoms with van der Waals surface area (Å²) in [6.07, 6.45) is 2.27. The van der Waals surface area contributed by atoms with E-state index in [0.29, 0.717) is 6.54 Å². The molecule has 138 valence electrons. The van der Waals surface area contributed by atoms with Crippen molar-refractivity contribution in [1.29, 1.82) is 0 Å². The van der Waals surface area contributed by atoms with E-state index in [1.807, 2.05) is 48.7 Å². The highest BCUT2D eigenvalue weighted by Crippen LogP contribution is 2.61. The molecule has 3 aromatic rings. The van der Waals surface area contributed by atoms with E-state index in [0.717, 1.165) is 22.0 Å². The highest BCUT2D eigenvalue weighted by molar-refractivity contribution is 6.05. The van der Waals surface area contributed by atoms with Gasteiger partial charge in [0.1, 0.15) is 0 Å². The van der Waals surface area contributed by atoms with Gasteiger partial charge in [0.2, 0.25) is 0 Å². The standard InChI is InChI=1S/C22H21NO4/c1-2-27-21(26)22(20(24)25)12-18(22)17-14-23(13-15-8-4-3-5-9-15)19-11-7-6-10-16(17)19/h3-11,14,18H,2,12-13H2,1H3,(H,24,25). The van der Waals surface area contributed by atoms with Gasteiger partial charge in [-0.2, -0.15) is 0 Å². The topological polar surface area (TPSA) is 68.5 Å². The molecule has 1 fully saturated rings. The SMILES string of the molecule is CCOC(=O)C1(C(=O)O)CC1c1cn(Cc2ccccc2)c2ccccc12. The normalized spacial score (nSPS) is 21.1. The Morgan fingerprint density at radius 3 is 2.56 bits per heavy atom. The fourth-order valence-corrected chi connectivity index (χ4v) is 3.91. The number of rotatable bonds is 6. The third-order valence-electron chi connectivity index (χ3n) is 5.37. The van der Waals surface area contributed by atoms with E-state index in [1.54, 1.807) is 6.92 Å². The summed E-state index contributed by atoms with van der Waals surface area (Å²) in [5, 5.41) is 10.7. The van der Waals surface area contributed by atoms with Crippen molar-refractivity contribution in [3.63, 3.8) is 0 Å². The quantitative estimate of drug-likeness (QED) is 0.534. The Morgan fingerprint density at radius 1 is 1.15 bits per heavy atom. The van der Waals surface area contributed by atoms with Crippen LogP contribution in [-0.2, 0) is 20.9 Å². The molecule has 5 nitrogen and oxygen atoms in total. The number of para-hydroxylation sites is 1. The average Bonchev–Trinajstić information content (AvgIpc) is 3.34. The second kappa shape index (κ2) is 6.58. The fraction of sp³-hybridized carbons (Fsp3) is 0.273. The molecule has 1 aliphatic rings. The van der Waals surface area contributed by atoms with Crippen LogP contribution >= 0.6 is 0 Å². The molecule has 0 radical (unpaired) electrons. The number of aliphatic carboxylic acids is 1. The molecule has 1 heterocycles. The van der Waals surface area contributed by atoms with E-state index in [4.69, 9.17) is 4.74 Å². The maximum Gasteiger partial charge on any atom is 0.324 e. The second-order valence-corrected chi connectivity index (χ2v) is 6.97. The molecule has 1 aromatic heterocycles. The lowest BCUT2D eigenvalue weighted by atomic mass is 9.99. The first-order chi connectivity index (χ1) is 13.1. The Hall–Kier alpha value is -3.08. The molecule has 2 aromatic carbocycles. The molecular weight excluding hydrogens is 342 g/mol. The van der Waals surface area contributed by atoms with Gasteiger partial charge in [-0.25, -0.2) is 0 Å². The maximum atomic E-state index is 12.4. The van der Waals surface area contributed by atoms with Gasteiger partial charge in [-0.3, -0.25) is 9.59 Å². The van der Waals surface area contributed by atoms with E-state index < -0.39 is 17.4 Å². The van der Waals surface area contributed by atoms with Crippen LogP contribution in [0.3, 0.4) is 0 Å². The minimum absolute atomic E-state index is 0.177. The Bertz CT molecular complexity index is 1010. The van der Waals surface area contributed by atoms with Gasteiger partial charge < -0.3 is 14.4 Å². The minimum atomic E-state index is -1.46. The number of esters is 1. The number of aromatic nitrogens is 1. The summed E-state index contributed by atoms with van der Waals surface area (Å²) in [7, 11) is 0. The molecule has 1 aliphatic carbocycles. The molecule has 0 spiro atoms. The number of hydrogen-bond acceptors (Lipinski definition) is 3. The number of ether oxygens (including phenoxy) is 1. The Labute approximate surface area is 157 Å².